The number of benzene rings is 5. The van der Waals surface area contributed by atoms with Crippen LogP contribution in [0.4, 0.5) is 8.63 Å². The minimum absolute atomic E-state index is 0.523. The Morgan fingerprint density at radius 3 is 1.29 bits per heavy atom. The zero-order valence-electron chi connectivity index (χ0n) is 24.9. The molecule has 0 aliphatic carbocycles. The fraction of sp³-hybridized carbons (Fsp3) is 0.0500. The van der Waals surface area contributed by atoms with Gasteiger partial charge in [0.2, 0.25) is 0 Å². The lowest BCUT2D eigenvalue weighted by Gasteiger charge is -2.25. The topological polar surface area (TPSA) is 9.86 Å². The zero-order valence-corrected chi connectivity index (χ0v) is 24.9. The number of nitrogens with zero attached hydrogens (tertiary/aromatic N) is 2. The van der Waals surface area contributed by atoms with Crippen LogP contribution in [0.25, 0.3) is 44.5 Å². The van der Waals surface area contributed by atoms with Crippen molar-refractivity contribution in [2.24, 2.45) is 7.05 Å². The second-order valence-electron chi connectivity index (χ2n) is 11.2. The lowest BCUT2D eigenvalue weighted by Crippen LogP contribution is -2.21. The van der Waals surface area contributed by atoms with Crippen molar-refractivity contribution in [3.8, 4) is 44.5 Å². The predicted molar refractivity (Wildman–Crippen MR) is 182 cm³/mol. The normalized spacial score (nSPS) is 11.8. The summed E-state index contributed by atoms with van der Waals surface area (Å²) < 4.78 is 34.1. The van der Waals surface area contributed by atoms with Gasteiger partial charge in [0, 0.05) is 53.1 Å². The van der Waals surface area contributed by atoms with E-state index in [1.54, 1.807) is 6.20 Å². The number of aromatic nitrogens is 2. The highest BCUT2D eigenvalue weighted by Gasteiger charge is 2.36. The Bertz CT molecular complexity index is 2020. The Morgan fingerprint density at radius 2 is 0.844 bits per heavy atom. The Balaban J connectivity index is 1.63. The minimum Gasteiger partial charge on any atom is -0.352 e. The van der Waals surface area contributed by atoms with Crippen molar-refractivity contribution in [1.29, 1.82) is 0 Å². The van der Waals surface area contributed by atoms with Crippen LogP contribution in [0.1, 0.15) is 22.9 Å². The third kappa shape index (κ3) is 5.31. The number of hydrogen-bond acceptors (Lipinski definition) is 0. The maximum atomic E-state index is 15.4. The van der Waals surface area contributed by atoms with E-state index in [4.69, 9.17) is 0 Å². The van der Waals surface area contributed by atoms with E-state index in [1.807, 2.05) is 122 Å². The maximum absolute atomic E-state index is 15.4. The van der Waals surface area contributed by atoms with E-state index in [0.29, 0.717) is 5.69 Å². The van der Waals surface area contributed by atoms with Gasteiger partial charge in [0.05, 0.1) is 5.92 Å². The Morgan fingerprint density at radius 1 is 0.467 bits per heavy atom. The molecular formula is C40H31BF2N2. The van der Waals surface area contributed by atoms with Crippen molar-refractivity contribution in [2.75, 3.05) is 0 Å². The summed E-state index contributed by atoms with van der Waals surface area (Å²) in [6.07, 6.45) is 3.77. The molecule has 2 heterocycles. The van der Waals surface area contributed by atoms with E-state index in [2.05, 4.69) is 47.2 Å². The van der Waals surface area contributed by atoms with Crippen molar-refractivity contribution in [1.82, 2.24) is 9.05 Å². The fourth-order valence-corrected chi connectivity index (χ4v) is 6.57. The third-order valence-corrected chi connectivity index (χ3v) is 8.48. The van der Waals surface area contributed by atoms with Crippen LogP contribution in [-0.4, -0.2) is 16.4 Å². The van der Waals surface area contributed by atoms with Gasteiger partial charge in [-0.15, -0.1) is 0 Å². The van der Waals surface area contributed by atoms with Gasteiger partial charge in [-0.2, -0.15) is 0 Å². The van der Waals surface area contributed by atoms with Gasteiger partial charge in [-0.25, -0.2) is 0 Å². The van der Waals surface area contributed by atoms with Crippen molar-refractivity contribution in [2.45, 2.75) is 5.92 Å². The van der Waals surface area contributed by atoms with E-state index in [1.165, 1.54) is 4.48 Å². The van der Waals surface area contributed by atoms with Crippen LogP contribution in [-0.2, 0) is 7.05 Å². The van der Waals surface area contributed by atoms with Gasteiger partial charge < -0.3 is 9.05 Å². The van der Waals surface area contributed by atoms with Crippen LogP contribution in [0.3, 0.4) is 0 Å². The van der Waals surface area contributed by atoms with Crippen molar-refractivity contribution >= 4 is 7.40 Å². The maximum Gasteiger partial charge on any atom is 0.677 e. The highest BCUT2D eigenvalue weighted by atomic mass is 19.2. The number of rotatable bonds is 8. The molecule has 0 aliphatic rings. The lowest BCUT2D eigenvalue weighted by molar-refractivity contribution is 0.617. The van der Waals surface area contributed by atoms with E-state index in [-0.39, 0.29) is 0 Å². The van der Waals surface area contributed by atoms with Crippen LogP contribution < -0.4 is 0 Å². The molecular weight excluding hydrogens is 557 g/mol. The van der Waals surface area contributed by atoms with Gasteiger partial charge >= 0.3 is 7.40 Å². The Hall–Kier alpha value is -5.42. The third-order valence-electron chi connectivity index (χ3n) is 8.48. The highest BCUT2D eigenvalue weighted by molar-refractivity contribution is 6.41. The molecule has 45 heavy (non-hydrogen) atoms. The van der Waals surface area contributed by atoms with E-state index < -0.39 is 13.3 Å². The molecule has 2 nitrogen and oxygen atoms in total. The molecule has 218 valence electrons. The quantitative estimate of drug-likeness (QED) is 0.156. The molecule has 0 aliphatic heterocycles. The van der Waals surface area contributed by atoms with E-state index >= 15 is 8.63 Å². The molecule has 5 aromatic carbocycles. The summed E-state index contributed by atoms with van der Waals surface area (Å²) in [5.74, 6) is -0.523. The first kappa shape index (κ1) is 28.4. The van der Waals surface area contributed by atoms with Crippen LogP contribution in [0, 0.1) is 0 Å². The summed E-state index contributed by atoms with van der Waals surface area (Å²) in [7, 11) is -0.722. The summed E-state index contributed by atoms with van der Waals surface area (Å²) in [6.45, 7) is 0. The average molecular weight is 589 g/mol. The largest absolute Gasteiger partial charge is 0.677 e. The summed E-state index contributed by atoms with van der Waals surface area (Å²) >= 11 is 0. The standard InChI is InChI=1S/C40H31BF2N2/c1-44-27-34(29-17-7-2-8-18-29)36(31-21-11-4-12-22-31)39(44)38(33-25-15-6-16-26-33)40-37(32-23-13-5-14-24-32)35(28-45(40)41(42)43)30-19-9-3-10-20-30/h2-28,38H,1H3. The average Bonchev–Trinajstić information content (AvgIpc) is 3.66. The molecule has 2 aromatic heterocycles. The van der Waals surface area contributed by atoms with E-state index in [9.17, 15) is 0 Å². The summed E-state index contributed by atoms with van der Waals surface area (Å²) in [4.78, 5) is 0. The molecule has 0 N–H and O–H groups in total. The highest BCUT2D eigenvalue weighted by Crippen LogP contribution is 2.49. The summed E-state index contributed by atoms with van der Waals surface area (Å²) in [5, 5.41) is 0. The SMILES string of the molecule is Cn1cc(-c2ccccc2)c(-c2ccccc2)c1C(c1ccccc1)c1c(-c2ccccc2)c(-c2ccccc2)cn1B(F)F. The van der Waals surface area contributed by atoms with Gasteiger partial charge in [-0.3, -0.25) is 8.63 Å². The zero-order chi connectivity index (χ0) is 30.8. The number of aryl methyl sites for hydroxylation is 1. The monoisotopic (exact) mass is 588 g/mol. The molecule has 1 atom stereocenters. The number of halogens is 2. The molecule has 0 bridgehead atoms. The molecule has 0 amide bonds. The molecule has 0 radical (unpaired) electrons. The molecule has 5 heteroatoms. The molecule has 7 rings (SSSR count). The van der Waals surface area contributed by atoms with Gasteiger partial charge in [0.1, 0.15) is 0 Å². The first-order chi connectivity index (χ1) is 22.1. The minimum atomic E-state index is -2.75. The first-order valence-corrected chi connectivity index (χ1v) is 15.1. The summed E-state index contributed by atoms with van der Waals surface area (Å²) in [6, 6.07) is 50.4. The molecule has 1 unspecified atom stereocenters. The van der Waals surface area contributed by atoms with Crippen molar-refractivity contribution in [3.63, 3.8) is 0 Å². The van der Waals surface area contributed by atoms with Crippen LogP contribution in [0.2, 0.25) is 0 Å². The second kappa shape index (κ2) is 12.3. The van der Waals surface area contributed by atoms with Crippen LogP contribution in [0.15, 0.2) is 164 Å². The molecule has 7 aromatic rings. The van der Waals surface area contributed by atoms with Gasteiger partial charge in [-0.1, -0.05) is 152 Å². The molecule has 0 spiro atoms. The van der Waals surface area contributed by atoms with Gasteiger partial charge in [-0.05, 0) is 27.8 Å². The molecule has 0 saturated carbocycles. The van der Waals surface area contributed by atoms with Gasteiger partial charge in [0.15, 0.2) is 0 Å². The van der Waals surface area contributed by atoms with E-state index in [0.717, 1.165) is 55.8 Å². The smallest absolute Gasteiger partial charge is 0.352 e. The lowest BCUT2D eigenvalue weighted by atomic mass is 9.82. The Kier molecular flexibility index (Phi) is 7.75. The summed E-state index contributed by atoms with van der Waals surface area (Å²) in [5.41, 5.74) is 9.99. The predicted octanol–water partition coefficient (Wildman–Crippen LogP) is 10.4. The second-order valence-corrected chi connectivity index (χ2v) is 11.2. The molecule has 0 saturated heterocycles. The Labute approximate surface area is 263 Å². The van der Waals surface area contributed by atoms with Crippen LogP contribution >= 0.6 is 0 Å². The first-order valence-electron chi connectivity index (χ1n) is 15.1. The van der Waals surface area contributed by atoms with Crippen molar-refractivity contribution in [3.05, 3.63) is 181 Å². The van der Waals surface area contributed by atoms with Crippen LogP contribution in [0.5, 0.6) is 0 Å². The fourth-order valence-electron chi connectivity index (χ4n) is 6.57. The molecule has 0 fully saturated rings. The number of hydrogen-bond donors (Lipinski definition) is 0. The van der Waals surface area contributed by atoms with Crippen molar-refractivity contribution < 1.29 is 8.63 Å². The van der Waals surface area contributed by atoms with Gasteiger partial charge in [0.25, 0.3) is 0 Å².